The minimum atomic E-state index is 0.759. The zero-order chi connectivity index (χ0) is 11.7. The lowest BCUT2D eigenvalue weighted by atomic mass is 10.2. The van der Waals surface area contributed by atoms with Crippen LogP contribution in [0.3, 0.4) is 0 Å². The fourth-order valence-electron chi connectivity index (χ4n) is 2.20. The van der Waals surface area contributed by atoms with E-state index in [9.17, 15) is 0 Å². The van der Waals surface area contributed by atoms with Crippen LogP contribution in [0, 0.1) is 6.92 Å². The second-order valence-electron chi connectivity index (χ2n) is 4.56. The molecule has 1 aromatic carbocycles. The third-order valence-corrected chi connectivity index (χ3v) is 3.14. The number of oxazole rings is 1. The number of fused-ring (bicyclic) bond motifs is 1. The SMILES string of the molecule is Cc1ccc2oc(N3CCCNCC3)nc2c1. The molecule has 1 N–H and O–H groups in total. The van der Waals surface area contributed by atoms with Crippen LogP contribution >= 0.6 is 0 Å². The zero-order valence-corrected chi connectivity index (χ0v) is 10.1. The van der Waals surface area contributed by atoms with Crippen molar-refractivity contribution >= 4 is 17.1 Å². The Balaban J connectivity index is 1.93. The summed E-state index contributed by atoms with van der Waals surface area (Å²) in [6.07, 6.45) is 1.14. The van der Waals surface area contributed by atoms with Crippen molar-refractivity contribution in [1.29, 1.82) is 0 Å². The lowest BCUT2D eigenvalue weighted by Crippen LogP contribution is -2.27. The second-order valence-corrected chi connectivity index (χ2v) is 4.56. The van der Waals surface area contributed by atoms with Gasteiger partial charge in [-0.15, -0.1) is 0 Å². The molecule has 4 nitrogen and oxygen atoms in total. The molecule has 1 saturated heterocycles. The fourth-order valence-corrected chi connectivity index (χ4v) is 2.20. The van der Waals surface area contributed by atoms with Crippen molar-refractivity contribution in [2.24, 2.45) is 0 Å². The number of benzene rings is 1. The molecule has 4 heteroatoms. The van der Waals surface area contributed by atoms with Gasteiger partial charge in [0.05, 0.1) is 0 Å². The van der Waals surface area contributed by atoms with Crippen molar-refractivity contribution in [2.45, 2.75) is 13.3 Å². The Bertz CT molecular complexity index is 512. The number of aromatic nitrogens is 1. The minimum Gasteiger partial charge on any atom is -0.423 e. The number of hydrogen-bond acceptors (Lipinski definition) is 4. The molecule has 0 bridgehead atoms. The van der Waals surface area contributed by atoms with Crippen LogP contribution in [0.5, 0.6) is 0 Å². The number of anilines is 1. The van der Waals surface area contributed by atoms with E-state index < -0.39 is 0 Å². The average Bonchev–Trinajstić information content (AvgIpc) is 2.57. The van der Waals surface area contributed by atoms with Crippen LogP contribution in [0.1, 0.15) is 12.0 Å². The van der Waals surface area contributed by atoms with E-state index in [-0.39, 0.29) is 0 Å². The Kier molecular flexibility index (Phi) is 2.73. The van der Waals surface area contributed by atoms with Gasteiger partial charge in [-0.2, -0.15) is 4.98 Å². The van der Waals surface area contributed by atoms with Crippen molar-refractivity contribution in [3.63, 3.8) is 0 Å². The number of nitrogens with one attached hydrogen (secondary N) is 1. The topological polar surface area (TPSA) is 41.3 Å². The van der Waals surface area contributed by atoms with Gasteiger partial charge >= 0.3 is 0 Å². The highest BCUT2D eigenvalue weighted by molar-refractivity contribution is 5.75. The molecule has 2 heterocycles. The molecule has 0 unspecified atom stereocenters. The molecule has 90 valence electrons. The van der Waals surface area contributed by atoms with Gasteiger partial charge in [-0.05, 0) is 37.6 Å². The van der Waals surface area contributed by atoms with Crippen LogP contribution in [0.15, 0.2) is 22.6 Å². The minimum absolute atomic E-state index is 0.759. The summed E-state index contributed by atoms with van der Waals surface area (Å²) in [4.78, 5) is 6.79. The van der Waals surface area contributed by atoms with E-state index in [1.54, 1.807) is 0 Å². The molecule has 17 heavy (non-hydrogen) atoms. The van der Waals surface area contributed by atoms with E-state index in [4.69, 9.17) is 4.42 Å². The largest absolute Gasteiger partial charge is 0.423 e. The van der Waals surface area contributed by atoms with Crippen molar-refractivity contribution in [3.8, 4) is 0 Å². The fraction of sp³-hybridized carbons (Fsp3) is 0.462. The van der Waals surface area contributed by atoms with Crippen LogP contribution in [0.4, 0.5) is 6.01 Å². The Hall–Kier alpha value is -1.55. The van der Waals surface area contributed by atoms with Crippen LogP contribution in [-0.2, 0) is 0 Å². The summed E-state index contributed by atoms with van der Waals surface area (Å²) < 4.78 is 5.81. The second kappa shape index (κ2) is 4.37. The molecule has 1 fully saturated rings. The maximum Gasteiger partial charge on any atom is 0.298 e. The molecular weight excluding hydrogens is 214 g/mol. The monoisotopic (exact) mass is 231 g/mol. The van der Waals surface area contributed by atoms with Gasteiger partial charge in [-0.3, -0.25) is 0 Å². The summed E-state index contributed by atoms with van der Waals surface area (Å²) in [5.41, 5.74) is 3.05. The highest BCUT2D eigenvalue weighted by atomic mass is 16.4. The van der Waals surface area contributed by atoms with Crippen LogP contribution in [0.25, 0.3) is 11.1 Å². The van der Waals surface area contributed by atoms with E-state index >= 15 is 0 Å². The van der Waals surface area contributed by atoms with Crippen molar-refractivity contribution < 1.29 is 4.42 Å². The summed E-state index contributed by atoms with van der Waals surface area (Å²) in [7, 11) is 0. The molecule has 0 spiro atoms. The third kappa shape index (κ3) is 2.13. The molecule has 0 atom stereocenters. The molecule has 0 saturated carbocycles. The van der Waals surface area contributed by atoms with Gasteiger partial charge in [0.2, 0.25) is 0 Å². The van der Waals surface area contributed by atoms with Crippen molar-refractivity contribution in [2.75, 3.05) is 31.1 Å². The summed E-state index contributed by atoms with van der Waals surface area (Å²) in [6.45, 7) is 6.13. The maximum atomic E-state index is 5.81. The predicted octanol–water partition coefficient (Wildman–Crippen LogP) is 1.94. The molecule has 0 aliphatic carbocycles. The number of aryl methyl sites for hydroxylation is 1. The average molecular weight is 231 g/mol. The van der Waals surface area contributed by atoms with E-state index in [0.717, 1.165) is 49.7 Å². The molecule has 1 aromatic heterocycles. The quantitative estimate of drug-likeness (QED) is 0.814. The smallest absolute Gasteiger partial charge is 0.298 e. The molecular formula is C13H17N3O. The standard InChI is InChI=1S/C13H17N3O/c1-10-3-4-12-11(9-10)15-13(17-12)16-7-2-5-14-6-8-16/h3-4,9,14H,2,5-8H2,1H3. The van der Waals surface area contributed by atoms with Gasteiger partial charge in [0.1, 0.15) is 5.52 Å². The number of nitrogens with zero attached hydrogens (tertiary/aromatic N) is 2. The van der Waals surface area contributed by atoms with E-state index in [1.165, 1.54) is 5.56 Å². The third-order valence-electron chi connectivity index (χ3n) is 3.14. The normalized spacial score (nSPS) is 17.4. The first kappa shape index (κ1) is 10.6. The molecule has 1 aliphatic rings. The highest BCUT2D eigenvalue weighted by Gasteiger charge is 2.15. The Morgan fingerprint density at radius 3 is 3.18 bits per heavy atom. The van der Waals surface area contributed by atoms with E-state index in [0.29, 0.717) is 0 Å². The summed E-state index contributed by atoms with van der Waals surface area (Å²) in [6, 6.07) is 6.88. The first-order valence-electron chi connectivity index (χ1n) is 6.16. The van der Waals surface area contributed by atoms with Crippen LogP contribution in [-0.4, -0.2) is 31.2 Å². The first-order valence-corrected chi connectivity index (χ1v) is 6.16. The summed E-state index contributed by atoms with van der Waals surface area (Å²) in [5.74, 6) is 0. The van der Waals surface area contributed by atoms with Crippen LogP contribution < -0.4 is 10.2 Å². The van der Waals surface area contributed by atoms with Gasteiger partial charge in [-0.25, -0.2) is 0 Å². The molecule has 0 amide bonds. The van der Waals surface area contributed by atoms with Gasteiger partial charge in [0, 0.05) is 19.6 Å². The van der Waals surface area contributed by atoms with Gasteiger partial charge in [0.25, 0.3) is 6.01 Å². The van der Waals surface area contributed by atoms with E-state index in [1.807, 2.05) is 6.07 Å². The highest BCUT2D eigenvalue weighted by Crippen LogP contribution is 2.23. The molecule has 2 aromatic rings. The van der Waals surface area contributed by atoms with E-state index in [2.05, 4.69) is 34.3 Å². The Morgan fingerprint density at radius 2 is 2.24 bits per heavy atom. The van der Waals surface area contributed by atoms with Crippen molar-refractivity contribution in [1.82, 2.24) is 10.3 Å². The zero-order valence-electron chi connectivity index (χ0n) is 10.1. The molecule has 1 aliphatic heterocycles. The first-order chi connectivity index (χ1) is 8.33. The number of rotatable bonds is 1. The lowest BCUT2D eigenvalue weighted by Gasteiger charge is -2.16. The Labute approximate surface area is 101 Å². The number of hydrogen-bond donors (Lipinski definition) is 1. The molecule has 0 radical (unpaired) electrons. The summed E-state index contributed by atoms with van der Waals surface area (Å²) >= 11 is 0. The summed E-state index contributed by atoms with van der Waals surface area (Å²) in [5, 5.41) is 3.38. The van der Waals surface area contributed by atoms with Crippen LogP contribution in [0.2, 0.25) is 0 Å². The van der Waals surface area contributed by atoms with Gasteiger partial charge in [-0.1, -0.05) is 6.07 Å². The van der Waals surface area contributed by atoms with Gasteiger partial charge < -0.3 is 14.6 Å². The lowest BCUT2D eigenvalue weighted by molar-refractivity contribution is 0.571. The van der Waals surface area contributed by atoms with Gasteiger partial charge in [0.15, 0.2) is 5.58 Å². The predicted molar refractivity (Wildman–Crippen MR) is 68.4 cm³/mol. The maximum absolute atomic E-state index is 5.81. The molecule has 3 rings (SSSR count). The Morgan fingerprint density at radius 1 is 1.29 bits per heavy atom. The van der Waals surface area contributed by atoms with Crippen molar-refractivity contribution in [3.05, 3.63) is 23.8 Å².